The molecular formula is C14H15N5O. The first-order valence-electron chi connectivity index (χ1n) is 6.52. The molecule has 1 unspecified atom stereocenters. The fourth-order valence-corrected chi connectivity index (χ4v) is 2.11. The van der Waals surface area contributed by atoms with Gasteiger partial charge in [0.1, 0.15) is 17.2 Å². The SMILES string of the molecule is CCC(NC(=O)c1cn2ccccc2n1)c1ncc[nH]1. The van der Waals surface area contributed by atoms with E-state index < -0.39 is 0 Å². The van der Waals surface area contributed by atoms with Crippen molar-refractivity contribution in [2.75, 3.05) is 0 Å². The molecule has 1 atom stereocenters. The van der Waals surface area contributed by atoms with Gasteiger partial charge in [-0.1, -0.05) is 13.0 Å². The number of rotatable bonds is 4. The van der Waals surface area contributed by atoms with Crippen molar-refractivity contribution in [3.8, 4) is 0 Å². The largest absolute Gasteiger partial charge is 0.347 e. The highest BCUT2D eigenvalue weighted by molar-refractivity contribution is 5.93. The average molecular weight is 269 g/mol. The Morgan fingerprint density at radius 3 is 3.10 bits per heavy atom. The van der Waals surface area contributed by atoms with Crippen molar-refractivity contribution in [3.05, 3.63) is 54.5 Å². The molecule has 0 saturated heterocycles. The van der Waals surface area contributed by atoms with Crippen LogP contribution in [0.2, 0.25) is 0 Å². The maximum absolute atomic E-state index is 12.3. The van der Waals surface area contributed by atoms with Crippen LogP contribution in [0.5, 0.6) is 0 Å². The van der Waals surface area contributed by atoms with Crippen LogP contribution in [0.25, 0.3) is 5.65 Å². The number of nitrogens with zero attached hydrogens (tertiary/aromatic N) is 3. The lowest BCUT2D eigenvalue weighted by molar-refractivity contribution is 0.0929. The van der Waals surface area contributed by atoms with E-state index in [4.69, 9.17) is 0 Å². The normalized spacial score (nSPS) is 12.4. The second kappa shape index (κ2) is 5.16. The molecule has 1 amide bonds. The number of nitrogens with one attached hydrogen (secondary N) is 2. The van der Waals surface area contributed by atoms with Gasteiger partial charge in [-0.25, -0.2) is 9.97 Å². The molecule has 3 aromatic heterocycles. The summed E-state index contributed by atoms with van der Waals surface area (Å²) in [5, 5.41) is 2.94. The fourth-order valence-electron chi connectivity index (χ4n) is 2.11. The minimum atomic E-state index is -0.197. The Hall–Kier alpha value is -2.63. The number of imidazole rings is 2. The molecule has 3 rings (SSSR count). The van der Waals surface area contributed by atoms with Gasteiger partial charge in [-0.2, -0.15) is 0 Å². The Balaban J connectivity index is 1.81. The molecule has 2 N–H and O–H groups in total. The molecule has 102 valence electrons. The van der Waals surface area contributed by atoms with E-state index in [0.29, 0.717) is 5.69 Å². The molecule has 6 heteroatoms. The number of aromatic nitrogens is 4. The van der Waals surface area contributed by atoms with E-state index in [-0.39, 0.29) is 11.9 Å². The van der Waals surface area contributed by atoms with Crippen molar-refractivity contribution in [2.45, 2.75) is 19.4 Å². The quantitative estimate of drug-likeness (QED) is 0.760. The zero-order valence-corrected chi connectivity index (χ0v) is 11.1. The molecule has 0 aliphatic heterocycles. The standard InChI is InChI=1S/C14H15N5O/c1-2-10(13-15-6-7-16-13)18-14(20)11-9-19-8-4-3-5-12(19)17-11/h3-10H,2H2,1H3,(H,15,16)(H,18,20). The highest BCUT2D eigenvalue weighted by Gasteiger charge is 2.17. The van der Waals surface area contributed by atoms with Gasteiger partial charge in [0.15, 0.2) is 0 Å². The minimum absolute atomic E-state index is 0.137. The van der Waals surface area contributed by atoms with Gasteiger partial charge in [0, 0.05) is 24.8 Å². The monoisotopic (exact) mass is 269 g/mol. The molecule has 0 radical (unpaired) electrons. The predicted molar refractivity (Wildman–Crippen MR) is 74.3 cm³/mol. The number of carbonyl (C=O) groups is 1. The maximum Gasteiger partial charge on any atom is 0.272 e. The molecule has 0 spiro atoms. The number of carbonyl (C=O) groups excluding carboxylic acids is 1. The van der Waals surface area contributed by atoms with Gasteiger partial charge in [0.05, 0.1) is 6.04 Å². The smallest absolute Gasteiger partial charge is 0.272 e. The molecule has 0 aliphatic carbocycles. The first-order valence-corrected chi connectivity index (χ1v) is 6.52. The van der Waals surface area contributed by atoms with Crippen molar-refractivity contribution in [2.24, 2.45) is 0 Å². The van der Waals surface area contributed by atoms with E-state index in [1.165, 1.54) is 0 Å². The Labute approximate surface area is 115 Å². The van der Waals surface area contributed by atoms with Crippen molar-refractivity contribution >= 4 is 11.6 Å². The van der Waals surface area contributed by atoms with Crippen LogP contribution in [0.4, 0.5) is 0 Å². The number of pyridine rings is 1. The predicted octanol–water partition coefficient (Wildman–Crippen LogP) is 1.94. The lowest BCUT2D eigenvalue weighted by Crippen LogP contribution is -2.29. The molecule has 0 fully saturated rings. The average Bonchev–Trinajstić information content (AvgIpc) is 3.13. The van der Waals surface area contributed by atoms with Gasteiger partial charge < -0.3 is 14.7 Å². The van der Waals surface area contributed by atoms with Gasteiger partial charge >= 0.3 is 0 Å². The zero-order chi connectivity index (χ0) is 13.9. The Morgan fingerprint density at radius 1 is 1.50 bits per heavy atom. The maximum atomic E-state index is 12.3. The lowest BCUT2D eigenvalue weighted by atomic mass is 10.2. The summed E-state index contributed by atoms with van der Waals surface area (Å²) < 4.78 is 1.82. The number of hydrogen-bond acceptors (Lipinski definition) is 3. The van der Waals surface area contributed by atoms with Gasteiger partial charge in [-0.05, 0) is 18.6 Å². The summed E-state index contributed by atoms with van der Waals surface area (Å²) in [4.78, 5) is 23.8. The summed E-state index contributed by atoms with van der Waals surface area (Å²) in [6, 6.07) is 5.51. The first kappa shape index (κ1) is 12.4. The van der Waals surface area contributed by atoms with E-state index in [9.17, 15) is 4.79 Å². The van der Waals surface area contributed by atoms with E-state index in [2.05, 4.69) is 20.3 Å². The van der Waals surface area contributed by atoms with Crippen LogP contribution in [-0.2, 0) is 0 Å². The second-order valence-electron chi connectivity index (χ2n) is 4.50. The molecule has 3 aromatic rings. The second-order valence-corrected chi connectivity index (χ2v) is 4.50. The van der Waals surface area contributed by atoms with E-state index in [0.717, 1.165) is 17.9 Å². The van der Waals surface area contributed by atoms with Crippen LogP contribution < -0.4 is 5.32 Å². The topological polar surface area (TPSA) is 75.1 Å². The number of hydrogen-bond donors (Lipinski definition) is 2. The third kappa shape index (κ3) is 2.27. The van der Waals surface area contributed by atoms with E-state index in [1.54, 1.807) is 18.6 Å². The van der Waals surface area contributed by atoms with E-state index >= 15 is 0 Å². The van der Waals surface area contributed by atoms with Crippen LogP contribution in [0.15, 0.2) is 43.0 Å². The summed E-state index contributed by atoms with van der Waals surface area (Å²) >= 11 is 0. The van der Waals surface area contributed by atoms with Crippen LogP contribution in [0.3, 0.4) is 0 Å². The molecule has 0 aliphatic rings. The van der Waals surface area contributed by atoms with Gasteiger partial charge in [0.2, 0.25) is 0 Å². The number of amides is 1. The molecule has 3 heterocycles. The summed E-state index contributed by atoms with van der Waals surface area (Å²) in [7, 11) is 0. The number of fused-ring (bicyclic) bond motifs is 1. The molecular weight excluding hydrogens is 254 g/mol. The Morgan fingerprint density at radius 2 is 2.40 bits per heavy atom. The highest BCUT2D eigenvalue weighted by atomic mass is 16.2. The van der Waals surface area contributed by atoms with E-state index in [1.807, 2.05) is 35.7 Å². The van der Waals surface area contributed by atoms with Crippen molar-refractivity contribution in [1.82, 2.24) is 24.7 Å². The van der Waals surface area contributed by atoms with Gasteiger partial charge in [-0.3, -0.25) is 4.79 Å². The fraction of sp³-hybridized carbons (Fsp3) is 0.214. The summed E-state index contributed by atoms with van der Waals surface area (Å²) in [6.07, 6.45) is 7.76. The Kier molecular flexibility index (Phi) is 3.20. The van der Waals surface area contributed by atoms with Gasteiger partial charge in [0.25, 0.3) is 5.91 Å². The summed E-state index contributed by atoms with van der Waals surface area (Å²) in [5.41, 5.74) is 1.16. The van der Waals surface area contributed by atoms with Crippen molar-refractivity contribution in [1.29, 1.82) is 0 Å². The molecule has 0 saturated carbocycles. The number of aromatic amines is 1. The summed E-state index contributed by atoms with van der Waals surface area (Å²) in [5.74, 6) is 0.557. The van der Waals surface area contributed by atoms with Crippen LogP contribution in [0, 0.1) is 0 Å². The Bertz CT molecular complexity index is 683. The minimum Gasteiger partial charge on any atom is -0.347 e. The number of H-pyrrole nitrogens is 1. The van der Waals surface area contributed by atoms with Crippen LogP contribution in [-0.4, -0.2) is 25.3 Å². The molecule has 0 aromatic carbocycles. The van der Waals surface area contributed by atoms with Gasteiger partial charge in [-0.15, -0.1) is 0 Å². The van der Waals surface area contributed by atoms with Crippen molar-refractivity contribution < 1.29 is 4.79 Å². The molecule has 20 heavy (non-hydrogen) atoms. The zero-order valence-electron chi connectivity index (χ0n) is 11.1. The highest BCUT2D eigenvalue weighted by Crippen LogP contribution is 2.13. The molecule has 6 nitrogen and oxygen atoms in total. The third-order valence-electron chi connectivity index (χ3n) is 3.16. The first-order chi connectivity index (χ1) is 9.78. The lowest BCUT2D eigenvalue weighted by Gasteiger charge is -2.13. The van der Waals surface area contributed by atoms with Crippen LogP contribution in [0.1, 0.15) is 35.7 Å². The van der Waals surface area contributed by atoms with Crippen molar-refractivity contribution in [3.63, 3.8) is 0 Å². The molecule has 0 bridgehead atoms. The third-order valence-corrected chi connectivity index (χ3v) is 3.16. The van der Waals surface area contributed by atoms with Crippen LogP contribution >= 0.6 is 0 Å². The summed E-state index contributed by atoms with van der Waals surface area (Å²) in [6.45, 7) is 2.00.